The Labute approximate surface area is 156 Å². The van der Waals surface area contributed by atoms with Crippen molar-refractivity contribution in [1.82, 2.24) is 0 Å². The highest BCUT2D eigenvalue weighted by Gasteiger charge is 2.18. The molecule has 2 rings (SSSR count). The zero-order valence-corrected chi connectivity index (χ0v) is 14.6. The van der Waals surface area contributed by atoms with Crippen molar-refractivity contribution in [3.63, 3.8) is 0 Å². The van der Waals surface area contributed by atoms with Crippen molar-refractivity contribution in [1.29, 1.82) is 0 Å². The van der Waals surface area contributed by atoms with Gasteiger partial charge in [0.1, 0.15) is 5.69 Å². The molecule has 1 amide bonds. The lowest BCUT2D eigenvalue weighted by Crippen LogP contribution is -2.21. The maximum Gasteiger partial charge on any atom is 0.340 e. The zero-order chi connectivity index (χ0) is 18.6. The molecule has 0 aliphatic carbocycles. The lowest BCUT2D eigenvalue weighted by atomic mass is 10.2. The molecule has 25 heavy (non-hydrogen) atoms. The van der Waals surface area contributed by atoms with Crippen LogP contribution in [0.4, 0.5) is 11.4 Å². The van der Waals surface area contributed by atoms with E-state index >= 15 is 0 Å². The van der Waals surface area contributed by atoms with Crippen molar-refractivity contribution in [3.05, 3.63) is 67.1 Å². The van der Waals surface area contributed by atoms with Crippen LogP contribution in [-0.4, -0.2) is 23.4 Å². The minimum atomic E-state index is -0.836. The molecule has 7 nitrogen and oxygen atoms in total. The van der Waals surface area contributed by atoms with Gasteiger partial charge in [-0.3, -0.25) is 14.9 Å². The first-order valence-corrected chi connectivity index (χ1v) is 7.77. The molecule has 0 aliphatic heterocycles. The first-order chi connectivity index (χ1) is 11.8. The van der Waals surface area contributed by atoms with Crippen LogP contribution in [0.15, 0.2) is 36.4 Å². The van der Waals surface area contributed by atoms with Crippen LogP contribution in [0.3, 0.4) is 0 Å². The molecule has 0 aromatic heterocycles. The van der Waals surface area contributed by atoms with Crippen LogP contribution in [0.2, 0.25) is 15.1 Å². The molecule has 2 aromatic carbocycles. The molecule has 0 unspecified atom stereocenters. The molecule has 0 spiro atoms. The number of esters is 1. The van der Waals surface area contributed by atoms with Crippen LogP contribution in [0.5, 0.6) is 0 Å². The molecule has 0 fully saturated rings. The predicted molar refractivity (Wildman–Crippen MR) is 93.5 cm³/mol. The monoisotopic (exact) mass is 402 g/mol. The minimum absolute atomic E-state index is 0.0348. The molecular weight excluding hydrogens is 395 g/mol. The van der Waals surface area contributed by atoms with E-state index in [1.54, 1.807) is 0 Å². The van der Waals surface area contributed by atoms with Gasteiger partial charge in [0, 0.05) is 16.1 Å². The van der Waals surface area contributed by atoms with Gasteiger partial charge in [-0.05, 0) is 30.3 Å². The Bertz CT molecular complexity index is 857. The third-order valence-corrected chi connectivity index (χ3v) is 3.70. The van der Waals surface area contributed by atoms with E-state index in [0.717, 1.165) is 6.07 Å². The van der Waals surface area contributed by atoms with Gasteiger partial charge in [-0.1, -0.05) is 34.8 Å². The Hall–Kier alpha value is -2.35. The predicted octanol–water partition coefficient (Wildman–Crippen LogP) is 4.35. The maximum atomic E-state index is 11.9. The van der Waals surface area contributed by atoms with E-state index in [1.807, 2.05) is 0 Å². The van der Waals surface area contributed by atoms with E-state index in [4.69, 9.17) is 39.5 Å². The van der Waals surface area contributed by atoms with Gasteiger partial charge in [0.2, 0.25) is 0 Å². The van der Waals surface area contributed by atoms with Gasteiger partial charge >= 0.3 is 5.97 Å². The summed E-state index contributed by atoms with van der Waals surface area (Å²) in [6, 6.07) is 7.84. The molecule has 1 N–H and O–H groups in total. The molecule has 2 aromatic rings. The molecule has 0 radical (unpaired) electrons. The highest BCUT2D eigenvalue weighted by Crippen LogP contribution is 2.27. The zero-order valence-electron chi connectivity index (χ0n) is 12.3. The summed E-state index contributed by atoms with van der Waals surface area (Å²) in [6.45, 7) is -0.665. The number of nitrogens with zero attached hydrogens (tertiary/aromatic N) is 1. The summed E-state index contributed by atoms with van der Waals surface area (Å²) >= 11 is 17.4. The Morgan fingerprint density at radius 1 is 1.08 bits per heavy atom. The number of hydrogen-bond acceptors (Lipinski definition) is 5. The lowest BCUT2D eigenvalue weighted by Gasteiger charge is -2.08. The fourth-order valence-electron chi connectivity index (χ4n) is 1.82. The van der Waals surface area contributed by atoms with E-state index in [2.05, 4.69) is 5.32 Å². The summed E-state index contributed by atoms with van der Waals surface area (Å²) in [5.41, 5.74) is -0.416. The molecular formula is C15H9Cl3N2O5. The van der Waals surface area contributed by atoms with E-state index < -0.39 is 23.4 Å². The fourth-order valence-corrected chi connectivity index (χ4v) is 2.48. The number of nitro benzene ring substituents is 1. The number of ether oxygens (including phenoxy) is 1. The van der Waals surface area contributed by atoms with Crippen LogP contribution < -0.4 is 5.32 Å². The van der Waals surface area contributed by atoms with E-state index in [0.29, 0.717) is 5.02 Å². The summed E-state index contributed by atoms with van der Waals surface area (Å²) < 4.78 is 4.83. The summed E-state index contributed by atoms with van der Waals surface area (Å²) in [5.74, 6) is -1.61. The fraction of sp³-hybridized carbons (Fsp3) is 0.0667. The smallest absolute Gasteiger partial charge is 0.340 e. The SMILES string of the molecule is O=C(COC(=O)c1ccc(Cl)cc1Cl)Nc1cc(Cl)ccc1[N+](=O)[O-]. The third-order valence-electron chi connectivity index (χ3n) is 2.91. The lowest BCUT2D eigenvalue weighted by molar-refractivity contribution is -0.383. The number of halogens is 3. The number of carbonyl (C=O) groups excluding carboxylic acids is 2. The van der Waals surface area contributed by atoms with Crippen molar-refractivity contribution in [2.75, 3.05) is 11.9 Å². The van der Waals surface area contributed by atoms with Crippen LogP contribution in [0, 0.1) is 10.1 Å². The molecule has 0 aliphatic rings. The average Bonchev–Trinajstić information content (AvgIpc) is 2.52. The number of hydrogen-bond donors (Lipinski definition) is 1. The quantitative estimate of drug-likeness (QED) is 0.454. The molecule has 0 bridgehead atoms. The number of nitro groups is 1. The van der Waals surface area contributed by atoms with Gasteiger partial charge in [-0.25, -0.2) is 4.79 Å². The number of benzene rings is 2. The molecule has 0 saturated carbocycles. The third kappa shape index (κ3) is 5.06. The number of carbonyl (C=O) groups is 2. The summed E-state index contributed by atoms with van der Waals surface area (Å²) in [5, 5.41) is 13.8. The normalized spacial score (nSPS) is 10.2. The van der Waals surface area contributed by atoms with Gasteiger partial charge in [0.05, 0.1) is 15.5 Å². The number of nitrogens with one attached hydrogen (secondary N) is 1. The summed E-state index contributed by atoms with van der Waals surface area (Å²) in [7, 11) is 0. The molecule has 0 saturated heterocycles. The number of rotatable bonds is 5. The van der Waals surface area contributed by atoms with Gasteiger partial charge in [0.15, 0.2) is 6.61 Å². The Kier molecular flexibility index (Phi) is 6.19. The summed E-state index contributed by atoms with van der Waals surface area (Å²) in [6.07, 6.45) is 0. The van der Waals surface area contributed by atoms with E-state index in [1.165, 1.54) is 30.3 Å². The standard InChI is InChI=1S/C15H9Cl3N2O5/c16-8-1-3-10(11(18)5-8)15(22)25-7-14(21)19-12-6-9(17)2-4-13(12)20(23)24/h1-6H,7H2,(H,19,21). The van der Waals surface area contributed by atoms with Crippen LogP contribution >= 0.6 is 34.8 Å². The second-order valence-electron chi connectivity index (χ2n) is 4.67. The number of amides is 1. The Balaban J connectivity index is 2.03. The molecule has 0 atom stereocenters. The average molecular weight is 404 g/mol. The maximum absolute atomic E-state index is 11.9. The van der Waals surface area contributed by atoms with Crippen molar-refractivity contribution in [2.45, 2.75) is 0 Å². The highest BCUT2D eigenvalue weighted by molar-refractivity contribution is 6.36. The Morgan fingerprint density at radius 3 is 2.36 bits per heavy atom. The van der Waals surface area contributed by atoms with Gasteiger partial charge < -0.3 is 10.1 Å². The number of anilines is 1. The van der Waals surface area contributed by atoms with E-state index in [9.17, 15) is 19.7 Å². The van der Waals surface area contributed by atoms with Crippen molar-refractivity contribution < 1.29 is 19.2 Å². The molecule has 10 heteroatoms. The van der Waals surface area contributed by atoms with Gasteiger partial charge in [-0.2, -0.15) is 0 Å². The van der Waals surface area contributed by atoms with Crippen molar-refractivity contribution >= 4 is 58.1 Å². The van der Waals surface area contributed by atoms with Crippen LogP contribution in [-0.2, 0) is 9.53 Å². The topological polar surface area (TPSA) is 98.5 Å². The van der Waals surface area contributed by atoms with Crippen molar-refractivity contribution in [2.24, 2.45) is 0 Å². The van der Waals surface area contributed by atoms with Gasteiger partial charge in [-0.15, -0.1) is 0 Å². The Morgan fingerprint density at radius 2 is 1.72 bits per heavy atom. The molecule has 130 valence electrons. The highest BCUT2D eigenvalue weighted by atomic mass is 35.5. The molecule has 0 heterocycles. The largest absolute Gasteiger partial charge is 0.452 e. The van der Waals surface area contributed by atoms with Gasteiger partial charge in [0.25, 0.3) is 11.6 Å². The second kappa shape index (κ2) is 8.15. The summed E-state index contributed by atoms with van der Waals surface area (Å²) in [4.78, 5) is 34.0. The van der Waals surface area contributed by atoms with E-state index in [-0.39, 0.29) is 27.0 Å². The first-order valence-electron chi connectivity index (χ1n) is 6.64. The minimum Gasteiger partial charge on any atom is -0.452 e. The van der Waals surface area contributed by atoms with Crippen LogP contribution in [0.1, 0.15) is 10.4 Å². The van der Waals surface area contributed by atoms with Crippen LogP contribution in [0.25, 0.3) is 0 Å². The second-order valence-corrected chi connectivity index (χ2v) is 5.95. The first kappa shape index (κ1) is 19.0. The van der Waals surface area contributed by atoms with Crippen molar-refractivity contribution in [3.8, 4) is 0 Å².